The van der Waals surface area contributed by atoms with E-state index in [1.54, 1.807) is 6.07 Å². The van der Waals surface area contributed by atoms with Gasteiger partial charge in [-0.3, -0.25) is 14.7 Å². The van der Waals surface area contributed by atoms with E-state index in [2.05, 4.69) is 0 Å². The predicted octanol–water partition coefficient (Wildman–Crippen LogP) is 4.30. The van der Waals surface area contributed by atoms with Crippen LogP contribution in [0.15, 0.2) is 42.6 Å². The molecule has 1 unspecified atom stereocenters. The van der Waals surface area contributed by atoms with Gasteiger partial charge in [0.05, 0.1) is 11.6 Å². The molecule has 8 heteroatoms. The van der Waals surface area contributed by atoms with E-state index in [-0.39, 0.29) is 33.8 Å². The van der Waals surface area contributed by atoms with Crippen LogP contribution < -0.4 is 4.74 Å². The van der Waals surface area contributed by atoms with Crippen molar-refractivity contribution in [3.8, 4) is 17.6 Å². The summed E-state index contributed by atoms with van der Waals surface area (Å²) in [6.45, 7) is 0. The number of nitrogens with zero attached hydrogens (tertiary/aromatic N) is 2. The normalized spacial score (nSPS) is 20.8. The second-order valence-electron chi connectivity index (χ2n) is 6.54. The minimum absolute atomic E-state index is 0.00498. The second kappa shape index (κ2) is 6.39. The Morgan fingerprint density at radius 1 is 1.32 bits per heavy atom. The van der Waals surface area contributed by atoms with Gasteiger partial charge >= 0.3 is 0 Å². The zero-order valence-corrected chi connectivity index (χ0v) is 14.6. The van der Waals surface area contributed by atoms with Gasteiger partial charge in [0.1, 0.15) is 17.3 Å². The van der Waals surface area contributed by atoms with Crippen LogP contribution in [0.5, 0.6) is 11.5 Å². The first kappa shape index (κ1) is 18.1. The summed E-state index contributed by atoms with van der Waals surface area (Å²) in [5.41, 5.74) is 0.310. The van der Waals surface area contributed by atoms with Gasteiger partial charge < -0.3 is 4.74 Å². The molecule has 0 amide bonds. The first-order valence-electron chi connectivity index (χ1n) is 8.33. The van der Waals surface area contributed by atoms with Gasteiger partial charge in [0.25, 0.3) is 5.92 Å². The molecular formula is C20H13F3N2O3. The molecule has 5 nitrogen and oxygen atoms in total. The molecular weight excluding hydrogens is 373 g/mol. The van der Waals surface area contributed by atoms with E-state index in [0.717, 1.165) is 17.2 Å². The zero-order valence-electron chi connectivity index (χ0n) is 14.6. The molecule has 0 fully saturated rings. The van der Waals surface area contributed by atoms with Crippen LogP contribution in [0.1, 0.15) is 33.2 Å². The highest BCUT2D eigenvalue weighted by Crippen LogP contribution is 2.51. The summed E-state index contributed by atoms with van der Waals surface area (Å²) in [5, 5.41) is 10.0. The van der Waals surface area contributed by atoms with E-state index in [9.17, 15) is 18.0 Å². The summed E-state index contributed by atoms with van der Waals surface area (Å²) in [6, 6.07) is 7.96. The maximum atomic E-state index is 14.7. The first-order chi connectivity index (χ1) is 13.3. The van der Waals surface area contributed by atoms with Gasteiger partial charge in [0.15, 0.2) is 11.9 Å². The van der Waals surface area contributed by atoms with Gasteiger partial charge in [-0.15, -0.1) is 0 Å². The molecule has 28 heavy (non-hydrogen) atoms. The molecule has 1 aliphatic heterocycles. The Morgan fingerprint density at radius 2 is 2.11 bits per heavy atom. The average molecular weight is 386 g/mol. The summed E-state index contributed by atoms with van der Waals surface area (Å²) in [7, 11) is 1.42. The number of rotatable bonds is 2. The molecule has 1 atom stereocenters. The minimum Gasteiger partial charge on any atom is -0.457 e. The summed E-state index contributed by atoms with van der Waals surface area (Å²) in [6.07, 6.45) is 0.161. The van der Waals surface area contributed by atoms with Crippen molar-refractivity contribution in [2.75, 3.05) is 7.05 Å². The Balaban J connectivity index is 1.84. The van der Waals surface area contributed by atoms with Crippen molar-refractivity contribution in [3.63, 3.8) is 0 Å². The van der Waals surface area contributed by atoms with Crippen molar-refractivity contribution >= 4 is 5.78 Å². The first-order valence-corrected chi connectivity index (χ1v) is 8.33. The molecule has 4 rings (SSSR count). The predicted molar refractivity (Wildman–Crippen MR) is 91.3 cm³/mol. The standard InChI is InChI=1S/C20H13F3N2O3/c1-25-5-4-16(26)14-2-3-17(15-9-20(22,23)19(28-25)18(14)15)27-13-7-11(10-24)6-12(21)8-13/h2-8,19H,9H2,1H3/b5-4+. The third-order valence-electron chi connectivity index (χ3n) is 4.57. The Bertz CT molecular complexity index is 1060. The van der Waals surface area contributed by atoms with Gasteiger partial charge in [-0.2, -0.15) is 5.26 Å². The molecule has 1 aliphatic carbocycles. The number of benzene rings is 2. The topological polar surface area (TPSA) is 62.6 Å². The van der Waals surface area contributed by atoms with Crippen molar-refractivity contribution in [1.29, 1.82) is 5.26 Å². The number of alkyl halides is 2. The number of ketones is 1. The van der Waals surface area contributed by atoms with Crippen LogP contribution in [0.3, 0.4) is 0 Å². The van der Waals surface area contributed by atoms with Crippen LogP contribution in [0.25, 0.3) is 0 Å². The third kappa shape index (κ3) is 3.00. The lowest BCUT2D eigenvalue weighted by Crippen LogP contribution is -2.30. The number of hydrogen-bond donors (Lipinski definition) is 0. The lowest BCUT2D eigenvalue weighted by atomic mass is 9.97. The molecule has 1 heterocycles. The van der Waals surface area contributed by atoms with Crippen LogP contribution in [-0.2, 0) is 11.3 Å². The Morgan fingerprint density at radius 3 is 2.86 bits per heavy atom. The van der Waals surface area contributed by atoms with Gasteiger partial charge in [-0.1, -0.05) is 0 Å². The molecule has 0 saturated heterocycles. The van der Waals surface area contributed by atoms with Gasteiger partial charge in [-0.25, -0.2) is 13.2 Å². The Kier molecular flexibility index (Phi) is 4.12. The van der Waals surface area contributed by atoms with Crippen LogP contribution in [0.2, 0.25) is 0 Å². The molecule has 0 bridgehead atoms. The number of allylic oxidation sites excluding steroid dienone is 1. The van der Waals surface area contributed by atoms with E-state index < -0.39 is 30.0 Å². The maximum absolute atomic E-state index is 14.7. The summed E-state index contributed by atoms with van der Waals surface area (Å²) < 4.78 is 48.7. The van der Waals surface area contributed by atoms with E-state index in [4.69, 9.17) is 14.8 Å². The van der Waals surface area contributed by atoms with Gasteiger partial charge in [-0.05, 0) is 24.3 Å². The van der Waals surface area contributed by atoms with Crippen LogP contribution in [0, 0.1) is 17.1 Å². The van der Waals surface area contributed by atoms with E-state index in [1.165, 1.54) is 37.5 Å². The lowest BCUT2D eigenvalue weighted by molar-refractivity contribution is -0.226. The van der Waals surface area contributed by atoms with Crippen LogP contribution in [-0.4, -0.2) is 23.8 Å². The fraction of sp³-hybridized carbons (Fsp3) is 0.200. The smallest absolute Gasteiger partial charge is 0.284 e. The van der Waals surface area contributed by atoms with Crippen molar-refractivity contribution in [2.24, 2.45) is 0 Å². The summed E-state index contributed by atoms with van der Waals surface area (Å²) in [5.74, 6) is -4.34. The highest BCUT2D eigenvalue weighted by molar-refractivity contribution is 6.06. The highest BCUT2D eigenvalue weighted by Gasteiger charge is 2.53. The van der Waals surface area contributed by atoms with Gasteiger partial charge in [0, 0.05) is 48.5 Å². The van der Waals surface area contributed by atoms with Gasteiger partial charge in [0.2, 0.25) is 0 Å². The number of nitriles is 1. The molecule has 0 spiro atoms. The number of hydroxylamine groups is 2. The van der Waals surface area contributed by atoms with Crippen LogP contribution in [0.4, 0.5) is 13.2 Å². The molecule has 142 valence electrons. The summed E-state index contributed by atoms with van der Waals surface area (Å²) >= 11 is 0. The van der Waals surface area contributed by atoms with Crippen molar-refractivity contribution in [2.45, 2.75) is 18.4 Å². The van der Waals surface area contributed by atoms with E-state index >= 15 is 0 Å². The SMILES string of the molecule is CN1/C=C/C(=O)c2ccc(Oc3cc(F)cc(C#N)c3)c3c2C(O1)C(F)(F)C3. The number of halogens is 3. The molecule has 2 aromatic carbocycles. The van der Waals surface area contributed by atoms with Crippen molar-refractivity contribution in [3.05, 3.63) is 70.7 Å². The Hall–Kier alpha value is -3.31. The van der Waals surface area contributed by atoms with Crippen LogP contribution >= 0.6 is 0 Å². The number of hydrogen-bond acceptors (Lipinski definition) is 5. The van der Waals surface area contributed by atoms with E-state index in [1.807, 2.05) is 0 Å². The highest BCUT2D eigenvalue weighted by atomic mass is 19.3. The third-order valence-corrected chi connectivity index (χ3v) is 4.57. The Labute approximate surface area is 158 Å². The lowest BCUT2D eigenvalue weighted by Gasteiger charge is -2.27. The molecule has 2 aromatic rings. The minimum atomic E-state index is -3.27. The molecule has 0 N–H and O–H groups in total. The van der Waals surface area contributed by atoms with Crippen molar-refractivity contribution in [1.82, 2.24) is 5.06 Å². The largest absolute Gasteiger partial charge is 0.457 e. The number of ether oxygens (including phenoxy) is 1. The summed E-state index contributed by atoms with van der Waals surface area (Å²) in [4.78, 5) is 17.7. The monoisotopic (exact) mass is 386 g/mol. The zero-order chi connectivity index (χ0) is 20.1. The molecule has 2 aliphatic rings. The fourth-order valence-electron chi connectivity index (χ4n) is 3.38. The number of carbonyl (C=O) groups excluding carboxylic acids is 1. The maximum Gasteiger partial charge on any atom is 0.284 e. The van der Waals surface area contributed by atoms with Crippen molar-refractivity contribution < 1.29 is 27.5 Å². The molecule has 0 aromatic heterocycles. The fourth-order valence-corrected chi connectivity index (χ4v) is 3.38. The molecule has 0 radical (unpaired) electrons. The van der Waals surface area contributed by atoms with E-state index in [0.29, 0.717) is 0 Å². The average Bonchev–Trinajstić information content (AvgIpc) is 2.89. The number of carbonyl (C=O) groups is 1. The molecule has 0 saturated carbocycles. The second-order valence-corrected chi connectivity index (χ2v) is 6.54. The quantitative estimate of drug-likeness (QED) is 0.770.